The zero-order valence-electron chi connectivity index (χ0n) is 10.9. The van der Waals surface area contributed by atoms with Crippen LogP contribution in [-0.2, 0) is 0 Å². The van der Waals surface area contributed by atoms with Crippen LogP contribution in [0.4, 0.5) is 0 Å². The smallest absolute Gasteiger partial charge is 0.000661 e. The summed E-state index contributed by atoms with van der Waals surface area (Å²) in [5.74, 6) is 1.95. The highest BCUT2D eigenvalue weighted by Gasteiger charge is 2.18. The average Bonchev–Trinajstić information content (AvgIpc) is 2.81. The summed E-state index contributed by atoms with van der Waals surface area (Å²) in [7, 11) is 2.31. The van der Waals surface area contributed by atoms with Crippen LogP contribution in [0.2, 0.25) is 0 Å². The first-order valence-corrected chi connectivity index (χ1v) is 7.24. The molecule has 0 amide bonds. The van der Waals surface area contributed by atoms with Crippen LogP contribution in [-0.4, -0.2) is 38.1 Å². The molecule has 1 aliphatic carbocycles. The van der Waals surface area contributed by atoms with Gasteiger partial charge in [-0.2, -0.15) is 0 Å². The molecule has 1 heterocycles. The number of hydrogen-bond acceptors (Lipinski definition) is 2. The van der Waals surface area contributed by atoms with Gasteiger partial charge in [0.1, 0.15) is 0 Å². The van der Waals surface area contributed by atoms with Crippen molar-refractivity contribution in [1.82, 2.24) is 10.2 Å². The van der Waals surface area contributed by atoms with E-state index < -0.39 is 0 Å². The first-order chi connectivity index (χ1) is 7.84. The largest absolute Gasteiger partial charge is 0.316 e. The van der Waals surface area contributed by atoms with Crippen molar-refractivity contribution < 1.29 is 0 Å². The fourth-order valence-corrected chi connectivity index (χ4v) is 3.30. The lowest BCUT2D eigenvalue weighted by Gasteiger charge is -2.26. The maximum absolute atomic E-state index is 3.51. The fourth-order valence-electron chi connectivity index (χ4n) is 3.30. The van der Waals surface area contributed by atoms with E-state index >= 15 is 0 Å². The molecule has 16 heavy (non-hydrogen) atoms. The van der Waals surface area contributed by atoms with Gasteiger partial charge in [0.2, 0.25) is 0 Å². The average molecular weight is 224 g/mol. The summed E-state index contributed by atoms with van der Waals surface area (Å²) in [6.07, 6.45) is 10.2. The molecular weight excluding hydrogens is 196 g/mol. The minimum absolute atomic E-state index is 0.944. The number of rotatable bonds is 5. The van der Waals surface area contributed by atoms with Gasteiger partial charge in [-0.1, -0.05) is 12.8 Å². The molecule has 1 saturated carbocycles. The Morgan fingerprint density at radius 3 is 2.50 bits per heavy atom. The second-order valence-electron chi connectivity index (χ2n) is 5.91. The lowest BCUT2D eigenvalue weighted by atomic mass is 9.96. The number of nitrogens with one attached hydrogen (secondary N) is 1. The first kappa shape index (κ1) is 12.4. The lowest BCUT2D eigenvalue weighted by Crippen LogP contribution is -2.33. The molecule has 1 unspecified atom stereocenters. The Bertz CT molecular complexity index is 181. The summed E-state index contributed by atoms with van der Waals surface area (Å²) in [6.45, 7) is 5.16. The highest BCUT2D eigenvalue weighted by molar-refractivity contribution is 4.73. The third-order valence-corrected chi connectivity index (χ3v) is 4.36. The van der Waals surface area contributed by atoms with Crippen molar-refractivity contribution in [2.45, 2.75) is 44.9 Å². The van der Waals surface area contributed by atoms with Gasteiger partial charge in [0.15, 0.2) is 0 Å². The van der Waals surface area contributed by atoms with Crippen molar-refractivity contribution >= 4 is 0 Å². The molecule has 0 aromatic carbocycles. The van der Waals surface area contributed by atoms with Gasteiger partial charge in [-0.25, -0.2) is 0 Å². The van der Waals surface area contributed by atoms with Crippen molar-refractivity contribution in [3.8, 4) is 0 Å². The standard InChI is InChI=1S/C14H28N2/c1-16(12-14-5-2-3-6-14)10-8-13-7-4-9-15-11-13/h13-15H,2-12H2,1H3. The summed E-state index contributed by atoms with van der Waals surface area (Å²) in [5, 5.41) is 3.51. The SMILES string of the molecule is CN(CCC1CCCNC1)CC1CCCC1. The molecular formula is C14H28N2. The normalized spacial score (nSPS) is 27.8. The Hall–Kier alpha value is -0.0800. The molecule has 2 aliphatic rings. The molecule has 0 bridgehead atoms. The van der Waals surface area contributed by atoms with E-state index in [4.69, 9.17) is 0 Å². The van der Waals surface area contributed by atoms with Gasteiger partial charge in [0.25, 0.3) is 0 Å². The van der Waals surface area contributed by atoms with Crippen LogP contribution >= 0.6 is 0 Å². The van der Waals surface area contributed by atoms with Crippen molar-refractivity contribution in [2.75, 3.05) is 33.2 Å². The van der Waals surface area contributed by atoms with E-state index in [1.165, 1.54) is 71.1 Å². The molecule has 2 rings (SSSR count). The third-order valence-electron chi connectivity index (χ3n) is 4.36. The molecule has 1 saturated heterocycles. The van der Waals surface area contributed by atoms with Crippen molar-refractivity contribution in [1.29, 1.82) is 0 Å². The maximum atomic E-state index is 3.51. The number of hydrogen-bond donors (Lipinski definition) is 1. The molecule has 2 heteroatoms. The number of nitrogens with zero attached hydrogens (tertiary/aromatic N) is 1. The Morgan fingerprint density at radius 2 is 1.81 bits per heavy atom. The topological polar surface area (TPSA) is 15.3 Å². The minimum Gasteiger partial charge on any atom is -0.316 e. The van der Waals surface area contributed by atoms with Crippen LogP contribution in [0, 0.1) is 11.8 Å². The molecule has 0 spiro atoms. The van der Waals surface area contributed by atoms with Crippen LogP contribution in [0.5, 0.6) is 0 Å². The second kappa shape index (κ2) is 6.61. The highest BCUT2D eigenvalue weighted by Crippen LogP contribution is 2.25. The summed E-state index contributed by atoms with van der Waals surface area (Å²) < 4.78 is 0. The molecule has 2 nitrogen and oxygen atoms in total. The summed E-state index contributed by atoms with van der Waals surface area (Å²) >= 11 is 0. The van der Waals surface area contributed by atoms with Gasteiger partial charge >= 0.3 is 0 Å². The molecule has 2 fully saturated rings. The van der Waals surface area contributed by atoms with Gasteiger partial charge in [-0.3, -0.25) is 0 Å². The van der Waals surface area contributed by atoms with Crippen LogP contribution in [0.1, 0.15) is 44.9 Å². The Kier molecular flexibility index (Phi) is 5.11. The van der Waals surface area contributed by atoms with Gasteiger partial charge in [-0.05, 0) is 70.6 Å². The zero-order valence-corrected chi connectivity index (χ0v) is 10.9. The van der Waals surface area contributed by atoms with Gasteiger partial charge in [0, 0.05) is 6.54 Å². The fraction of sp³-hybridized carbons (Fsp3) is 1.00. The highest BCUT2D eigenvalue weighted by atomic mass is 15.1. The summed E-state index contributed by atoms with van der Waals surface area (Å²) in [4.78, 5) is 2.57. The zero-order chi connectivity index (χ0) is 11.2. The Labute approximate surface area is 101 Å². The van der Waals surface area contributed by atoms with E-state index in [1.807, 2.05) is 0 Å². The quantitative estimate of drug-likeness (QED) is 0.772. The van der Waals surface area contributed by atoms with Crippen molar-refractivity contribution in [3.63, 3.8) is 0 Å². The van der Waals surface area contributed by atoms with Crippen LogP contribution in [0.25, 0.3) is 0 Å². The molecule has 94 valence electrons. The molecule has 0 radical (unpaired) electrons. The van der Waals surface area contributed by atoms with E-state index in [9.17, 15) is 0 Å². The molecule has 1 N–H and O–H groups in total. The molecule has 0 aromatic rings. The number of piperidine rings is 1. The summed E-state index contributed by atoms with van der Waals surface area (Å²) in [6, 6.07) is 0. The van der Waals surface area contributed by atoms with Gasteiger partial charge in [-0.15, -0.1) is 0 Å². The monoisotopic (exact) mass is 224 g/mol. The molecule has 1 aliphatic heterocycles. The van der Waals surface area contributed by atoms with E-state index in [1.54, 1.807) is 0 Å². The van der Waals surface area contributed by atoms with E-state index in [0.717, 1.165) is 11.8 Å². The summed E-state index contributed by atoms with van der Waals surface area (Å²) in [5.41, 5.74) is 0. The van der Waals surface area contributed by atoms with E-state index in [2.05, 4.69) is 17.3 Å². The van der Waals surface area contributed by atoms with Crippen molar-refractivity contribution in [3.05, 3.63) is 0 Å². The Balaban J connectivity index is 1.57. The van der Waals surface area contributed by atoms with Crippen LogP contribution < -0.4 is 5.32 Å². The van der Waals surface area contributed by atoms with Crippen LogP contribution in [0.3, 0.4) is 0 Å². The predicted molar refractivity (Wildman–Crippen MR) is 69.7 cm³/mol. The second-order valence-corrected chi connectivity index (χ2v) is 5.91. The first-order valence-electron chi connectivity index (χ1n) is 7.24. The van der Waals surface area contributed by atoms with E-state index in [0.29, 0.717) is 0 Å². The van der Waals surface area contributed by atoms with E-state index in [-0.39, 0.29) is 0 Å². The van der Waals surface area contributed by atoms with Gasteiger partial charge in [0.05, 0.1) is 0 Å². The molecule has 0 aromatic heterocycles. The third kappa shape index (κ3) is 4.06. The molecule has 1 atom stereocenters. The maximum Gasteiger partial charge on any atom is 0.000661 e. The minimum atomic E-state index is 0.944. The van der Waals surface area contributed by atoms with Crippen molar-refractivity contribution in [2.24, 2.45) is 11.8 Å². The van der Waals surface area contributed by atoms with Gasteiger partial charge < -0.3 is 10.2 Å². The lowest BCUT2D eigenvalue weighted by molar-refractivity contribution is 0.243. The Morgan fingerprint density at radius 1 is 1.06 bits per heavy atom. The van der Waals surface area contributed by atoms with Crippen LogP contribution in [0.15, 0.2) is 0 Å². The predicted octanol–water partition coefficient (Wildman–Crippen LogP) is 2.50.